The highest BCUT2D eigenvalue weighted by molar-refractivity contribution is 5.37. The Morgan fingerprint density at radius 2 is 2.18 bits per heavy atom. The standard InChI is InChI=1S/C16H23N3O3/c1-11(2)9-20-14-13(15-21-12(3)22-15)8-18-19(14)7-6-16(4,5)10-17/h6-8,11-12,15H,9H2,1-5H3/b7-6+. The molecule has 1 saturated heterocycles. The monoisotopic (exact) mass is 305 g/mol. The van der Waals surface area contributed by atoms with Gasteiger partial charge in [-0.25, -0.2) is 4.68 Å². The summed E-state index contributed by atoms with van der Waals surface area (Å²) < 4.78 is 18.5. The minimum Gasteiger partial charge on any atom is -0.477 e. The van der Waals surface area contributed by atoms with Crippen LogP contribution in [0.25, 0.3) is 6.20 Å². The third-order valence-electron chi connectivity index (χ3n) is 3.13. The van der Waals surface area contributed by atoms with E-state index in [1.165, 1.54) is 0 Å². The number of rotatable bonds is 6. The lowest BCUT2D eigenvalue weighted by molar-refractivity contribution is -0.382. The molecule has 0 N–H and O–H groups in total. The molecule has 2 rings (SSSR count). The van der Waals surface area contributed by atoms with Gasteiger partial charge in [-0.1, -0.05) is 13.8 Å². The molecule has 1 fully saturated rings. The Kier molecular flexibility index (Phi) is 4.89. The maximum atomic E-state index is 9.09. The lowest BCUT2D eigenvalue weighted by Crippen LogP contribution is -2.31. The molecule has 0 bridgehead atoms. The molecule has 6 nitrogen and oxygen atoms in total. The van der Waals surface area contributed by atoms with Gasteiger partial charge in [0.2, 0.25) is 5.88 Å². The van der Waals surface area contributed by atoms with Crippen molar-refractivity contribution in [3.63, 3.8) is 0 Å². The van der Waals surface area contributed by atoms with Gasteiger partial charge in [-0.05, 0) is 32.8 Å². The first kappa shape index (κ1) is 16.5. The molecule has 0 aromatic carbocycles. The summed E-state index contributed by atoms with van der Waals surface area (Å²) in [5.74, 6) is 0.980. The maximum absolute atomic E-state index is 9.09. The molecule has 0 amide bonds. The first-order valence-electron chi connectivity index (χ1n) is 7.44. The van der Waals surface area contributed by atoms with Crippen LogP contribution in [0.4, 0.5) is 0 Å². The van der Waals surface area contributed by atoms with Crippen molar-refractivity contribution in [2.24, 2.45) is 11.3 Å². The fourth-order valence-corrected chi connectivity index (χ4v) is 1.83. The Morgan fingerprint density at radius 1 is 1.50 bits per heavy atom. The summed E-state index contributed by atoms with van der Waals surface area (Å²) in [7, 11) is 0. The molecule has 0 atom stereocenters. The van der Waals surface area contributed by atoms with Gasteiger partial charge in [-0.15, -0.1) is 0 Å². The quantitative estimate of drug-likeness (QED) is 0.806. The molecule has 120 valence electrons. The molecular weight excluding hydrogens is 282 g/mol. The second-order valence-electron chi connectivity index (χ2n) is 6.38. The maximum Gasteiger partial charge on any atom is 0.224 e. The molecule has 22 heavy (non-hydrogen) atoms. The third kappa shape index (κ3) is 3.87. The number of hydrogen-bond acceptors (Lipinski definition) is 5. The number of ether oxygens (including phenoxy) is 3. The van der Waals surface area contributed by atoms with Crippen LogP contribution in [0.3, 0.4) is 0 Å². The van der Waals surface area contributed by atoms with E-state index < -0.39 is 11.7 Å². The van der Waals surface area contributed by atoms with Crippen molar-refractivity contribution in [3.05, 3.63) is 17.8 Å². The van der Waals surface area contributed by atoms with Gasteiger partial charge < -0.3 is 14.2 Å². The fraction of sp³-hybridized carbons (Fsp3) is 0.625. The largest absolute Gasteiger partial charge is 0.477 e. The third-order valence-corrected chi connectivity index (χ3v) is 3.13. The number of nitrogens with zero attached hydrogens (tertiary/aromatic N) is 3. The van der Waals surface area contributed by atoms with Gasteiger partial charge in [0.25, 0.3) is 0 Å². The molecule has 0 unspecified atom stereocenters. The molecule has 0 spiro atoms. The van der Waals surface area contributed by atoms with Crippen molar-refractivity contribution in [1.29, 1.82) is 5.26 Å². The average Bonchev–Trinajstić information content (AvgIpc) is 2.82. The molecule has 6 heteroatoms. The van der Waals surface area contributed by atoms with Gasteiger partial charge in [0.1, 0.15) is 0 Å². The lowest BCUT2D eigenvalue weighted by Gasteiger charge is -2.33. The van der Waals surface area contributed by atoms with E-state index in [9.17, 15) is 0 Å². The summed E-state index contributed by atoms with van der Waals surface area (Å²) in [5.41, 5.74) is 0.192. The summed E-state index contributed by atoms with van der Waals surface area (Å²) in [6.45, 7) is 10.2. The zero-order valence-electron chi connectivity index (χ0n) is 13.7. The van der Waals surface area contributed by atoms with Gasteiger partial charge in [0.15, 0.2) is 12.6 Å². The number of allylic oxidation sites excluding steroid dienone is 1. The van der Waals surface area contributed by atoms with Crippen molar-refractivity contribution in [1.82, 2.24) is 9.78 Å². The second-order valence-corrected chi connectivity index (χ2v) is 6.38. The molecule has 1 aromatic heterocycles. The average molecular weight is 305 g/mol. The van der Waals surface area contributed by atoms with E-state index in [4.69, 9.17) is 19.5 Å². The molecule has 1 aromatic rings. The normalized spacial score (nSPS) is 21.9. The van der Waals surface area contributed by atoms with Crippen LogP contribution in [-0.4, -0.2) is 22.7 Å². The van der Waals surface area contributed by atoms with Crippen LogP contribution in [0, 0.1) is 22.7 Å². The summed E-state index contributed by atoms with van der Waals surface area (Å²) in [5, 5.41) is 13.4. The zero-order chi connectivity index (χ0) is 16.3. The van der Waals surface area contributed by atoms with Gasteiger partial charge >= 0.3 is 0 Å². The Morgan fingerprint density at radius 3 is 2.73 bits per heavy atom. The molecular formula is C16H23N3O3. The van der Waals surface area contributed by atoms with E-state index in [2.05, 4.69) is 25.0 Å². The van der Waals surface area contributed by atoms with Gasteiger partial charge in [0, 0.05) is 6.20 Å². The molecule has 0 saturated carbocycles. The highest BCUT2D eigenvalue weighted by Gasteiger charge is 2.33. The van der Waals surface area contributed by atoms with Crippen LogP contribution in [0.5, 0.6) is 5.88 Å². The summed E-state index contributed by atoms with van der Waals surface area (Å²) in [6.07, 6.45) is 4.56. The van der Waals surface area contributed by atoms with Crippen LogP contribution in [0.2, 0.25) is 0 Å². The van der Waals surface area contributed by atoms with Gasteiger partial charge in [0.05, 0.1) is 29.9 Å². The van der Waals surface area contributed by atoms with Crippen molar-refractivity contribution < 1.29 is 14.2 Å². The second kappa shape index (κ2) is 6.51. The molecule has 1 aliphatic heterocycles. The van der Waals surface area contributed by atoms with E-state index >= 15 is 0 Å². The number of aromatic nitrogens is 2. The minimum absolute atomic E-state index is 0.209. The van der Waals surface area contributed by atoms with Crippen LogP contribution in [0.15, 0.2) is 12.3 Å². The Bertz CT molecular complexity index is 578. The smallest absolute Gasteiger partial charge is 0.224 e. The highest BCUT2D eigenvalue weighted by atomic mass is 16.9. The first-order chi connectivity index (χ1) is 10.3. The minimum atomic E-state index is -0.570. The topological polar surface area (TPSA) is 69.3 Å². The highest BCUT2D eigenvalue weighted by Crippen LogP contribution is 2.37. The summed E-state index contributed by atoms with van der Waals surface area (Å²) in [4.78, 5) is 0. The van der Waals surface area contributed by atoms with E-state index in [0.29, 0.717) is 18.4 Å². The van der Waals surface area contributed by atoms with Crippen molar-refractivity contribution >= 4 is 6.20 Å². The molecule has 0 radical (unpaired) electrons. The Hall–Kier alpha value is -1.84. The van der Waals surface area contributed by atoms with Crippen LogP contribution in [0.1, 0.15) is 46.5 Å². The molecule has 1 aliphatic rings. The van der Waals surface area contributed by atoms with E-state index in [1.54, 1.807) is 23.2 Å². The van der Waals surface area contributed by atoms with Gasteiger partial charge in [-0.3, -0.25) is 0 Å². The Balaban J connectivity index is 2.23. The number of nitriles is 1. The van der Waals surface area contributed by atoms with Gasteiger partial charge in [-0.2, -0.15) is 10.4 Å². The van der Waals surface area contributed by atoms with Crippen LogP contribution in [-0.2, 0) is 9.47 Å². The van der Waals surface area contributed by atoms with E-state index in [0.717, 1.165) is 5.56 Å². The lowest BCUT2D eigenvalue weighted by atomic mass is 9.96. The molecule has 2 heterocycles. The van der Waals surface area contributed by atoms with Crippen molar-refractivity contribution in [2.75, 3.05) is 6.61 Å². The van der Waals surface area contributed by atoms with Crippen molar-refractivity contribution in [2.45, 2.75) is 47.2 Å². The first-order valence-corrected chi connectivity index (χ1v) is 7.44. The van der Waals surface area contributed by atoms with Crippen LogP contribution < -0.4 is 4.74 Å². The van der Waals surface area contributed by atoms with Crippen LogP contribution >= 0.6 is 0 Å². The molecule has 0 aliphatic carbocycles. The predicted octanol–water partition coefficient (Wildman–Crippen LogP) is 3.33. The zero-order valence-corrected chi connectivity index (χ0v) is 13.7. The summed E-state index contributed by atoms with van der Waals surface area (Å²) >= 11 is 0. The summed E-state index contributed by atoms with van der Waals surface area (Å²) in [6, 6.07) is 2.22. The SMILES string of the molecule is CC(C)COc1c(C2OC(C)O2)cnn1/C=C/C(C)(C)C#N. The van der Waals surface area contributed by atoms with Crippen molar-refractivity contribution in [3.8, 4) is 11.9 Å². The predicted molar refractivity (Wildman–Crippen MR) is 81.7 cm³/mol. The Labute approximate surface area is 131 Å². The van der Waals surface area contributed by atoms with E-state index in [-0.39, 0.29) is 6.29 Å². The number of hydrogen-bond donors (Lipinski definition) is 0. The van der Waals surface area contributed by atoms with E-state index in [1.807, 2.05) is 20.8 Å². The fourth-order valence-electron chi connectivity index (χ4n) is 1.83.